The Morgan fingerprint density at radius 3 is 2.53 bits per heavy atom. The Morgan fingerprint density at radius 1 is 1.13 bits per heavy atom. The second-order valence-corrected chi connectivity index (χ2v) is 8.37. The minimum Gasteiger partial charge on any atom is -0.462 e. The first-order chi connectivity index (χ1) is 14.4. The number of likely N-dealkylation sites (tertiary alicyclic amines) is 1. The van der Waals surface area contributed by atoms with Crippen LogP contribution in [0, 0.1) is 12.8 Å². The lowest BCUT2D eigenvalue weighted by Gasteiger charge is -2.31. The van der Waals surface area contributed by atoms with Crippen LogP contribution >= 0.6 is 23.2 Å². The smallest absolute Gasteiger partial charge is 0.338 e. The lowest BCUT2D eigenvalue weighted by atomic mass is 9.95. The first-order valence-corrected chi connectivity index (χ1v) is 10.9. The molecule has 0 atom stereocenters. The van der Waals surface area contributed by atoms with Crippen molar-refractivity contribution in [1.82, 2.24) is 4.90 Å². The van der Waals surface area contributed by atoms with Gasteiger partial charge in [0.1, 0.15) is 0 Å². The maximum absolute atomic E-state index is 12.8. The normalized spacial score (nSPS) is 15.1. The van der Waals surface area contributed by atoms with Crippen molar-refractivity contribution in [3.05, 3.63) is 63.1 Å². The minimum absolute atomic E-state index is 0.0108. The van der Waals surface area contributed by atoms with Crippen LogP contribution in [0.5, 0.6) is 0 Å². The first kappa shape index (κ1) is 22.6. The number of hydrogen-bond acceptors (Lipinski definition) is 4. The van der Waals surface area contributed by atoms with Gasteiger partial charge in [-0.1, -0.05) is 35.3 Å². The molecule has 0 unspecified atom stereocenters. The average Bonchev–Trinajstić information content (AvgIpc) is 2.72. The summed E-state index contributed by atoms with van der Waals surface area (Å²) in [7, 11) is 0. The summed E-state index contributed by atoms with van der Waals surface area (Å²) in [5, 5.41) is 4.29. The SMILES string of the molecule is CCOC(=O)c1ccc(C)c(NC(=O)C2CCN(Cc3ccc(Cl)cc3Cl)CC2)c1. The van der Waals surface area contributed by atoms with Gasteiger partial charge in [-0.25, -0.2) is 4.79 Å². The summed E-state index contributed by atoms with van der Waals surface area (Å²) >= 11 is 12.2. The topological polar surface area (TPSA) is 58.6 Å². The van der Waals surface area contributed by atoms with Gasteiger partial charge in [-0.05, 0) is 75.2 Å². The van der Waals surface area contributed by atoms with Crippen molar-refractivity contribution in [2.45, 2.75) is 33.2 Å². The Kier molecular flexibility index (Phi) is 7.75. The molecule has 1 saturated heterocycles. The number of hydrogen-bond donors (Lipinski definition) is 1. The van der Waals surface area contributed by atoms with Crippen LogP contribution in [0.15, 0.2) is 36.4 Å². The van der Waals surface area contributed by atoms with E-state index in [-0.39, 0.29) is 17.8 Å². The summed E-state index contributed by atoms with van der Waals surface area (Å²) in [5.41, 5.74) is 3.04. The molecule has 1 aliphatic heterocycles. The van der Waals surface area contributed by atoms with Crippen LogP contribution in [0.25, 0.3) is 0 Å². The van der Waals surface area contributed by atoms with Crippen LogP contribution in [-0.4, -0.2) is 36.5 Å². The van der Waals surface area contributed by atoms with Gasteiger partial charge in [-0.15, -0.1) is 0 Å². The van der Waals surface area contributed by atoms with Crippen molar-refractivity contribution in [3.63, 3.8) is 0 Å². The van der Waals surface area contributed by atoms with Gasteiger partial charge in [0.05, 0.1) is 12.2 Å². The zero-order valence-corrected chi connectivity index (χ0v) is 18.7. The second kappa shape index (κ2) is 10.3. The molecule has 5 nitrogen and oxygen atoms in total. The molecule has 1 heterocycles. The predicted octanol–water partition coefficient (Wildman–Crippen LogP) is 5.33. The van der Waals surface area contributed by atoms with Crippen LogP contribution in [0.2, 0.25) is 10.0 Å². The molecule has 2 aromatic rings. The van der Waals surface area contributed by atoms with Crippen molar-refractivity contribution < 1.29 is 14.3 Å². The third kappa shape index (κ3) is 5.75. The number of anilines is 1. The number of amides is 1. The Bertz CT molecular complexity index is 925. The lowest BCUT2D eigenvalue weighted by molar-refractivity contribution is -0.121. The van der Waals surface area contributed by atoms with Crippen LogP contribution < -0.4 is 5.32 Å². The first-order valence-electron chi connectivity index (χ1n) is 10.1. The van der Waals surface area contributed by atoms with Gasteiger partial charge in [0.25, 0.3) is 0 Å². The zero-order chi connectivity index (χ0) is 21.7. The number of carbonyl (C=O) groups excluding carboxylic acids is 2. The highest BCUT2D eigenvalue weighted by molar-refractivity contribution is 6.35. The second-order valence-electron chi connectivity index (χ2n) is 7.53. The molecule has 0 bridgehead atoms. The zero-order valence-electron chi connectivity index (χ0n) is 17.2. The molecular formula is C23H26Cl2N2O3. The third-order valence-electron chi connectivity index (χ3n) is 5.37. The van der Waals surface area contributed by atoms with Gasteiger partial charge in [-0.2, -0.15) is 0 Å². The molecule has 1 aliphatic rings. The van der Waals surface area contributed by atoms with Gasteiger partial charge in [0.2, 0.25) is 5.91 Å². The van der Waals surface area contributed by atoms with Crippen LogP contribution in [0.4, 0.5) is 5.69 Å². The Balaban J connectivity index is 1.56. The molecule has 1 fully saturated rings. The molecule has 0 aliphatic carbocycles. The number of nitrogens with zero attached hydrogens (tertiary/aromatic N) is 1. The quantitative estimate of drug-likeness (QED) is 0.606. The van der Waals surface area contributed by atoms with E-state index in [9.17, 15) is 9.59 Å². The van der Waals surface area contributed by atoms with E-state index in [1.165, 1.54) is 0 Å². The van der Waals surface area contributed by atoms with Crippen molar-refractivity contribution in [1.29, 1.82) is 0 Å². The molecule has 0 spiro atoms. The Morgan fingerprint density at radius 2 is 1.87 bits per heavy atom. The number of aryl methyl sites for hydroxylation is 1. The van der Waals surface area contributed by atoms with Crippen LogP contribution in [0.1, 0.15) is 41.3 Å². The van der Waals surface area contributed by atoms with E-state index in [1.807, 2.05) is 25.1 Å². The van der Waals surface area contributed by atoms with Gasteiger partial charge >= 0.3 is 5.97 Å². The molecule has 160 valence electrons. The largest absolute Gasteiger partial charge is 0.462 e. The molecule has 1 N–H and O–H groups in total. The monoisotopic (exact) mass is 448 g/mol. The summed E-state index contributed by atoms with van der Waals surface area (Å²) in [6, 6.07) is 10.8. The average molecular weight is 449 g/mol. The molecule has 30 heavy (non-hydrogen) atoms. The van der Waals surface area contributed by atoms with Crippen LogP contribution in [-0.2, 0) is 16.1 Å². The Hall–Kier alpha value is -2.08. The van der Waals surface area contributed by atoms with E-state index < -0.39 is 0 Å². The number of piperidine rings is 1. The van der Waals surface area contributed by atoms with Crippen molar-refractivity contribution >= 4 is 40.8 Å². The molecule has 2 aromatic carbocycles. The molecule has 0 radical (unpaired) electrons. The maximum Gasteiger partial charge on any atom is 0.338 e. The highest BCUT2D eigenvalue weighted by Gasteiger charge is 2.26. The fourth-order valence-corrected chi connectivity index (χ4v) is 4.05. The molecule has 1 amide bonds. The van der Waals surface area contributed by atoms with E-state index in [0.29, 0.717) is 27.9 Å². The summed E-state index contributed by atoms with van der Waals surface area (Å²) in [6.45, 7) is 6.36. The number of nitrogens with one attached hydrogen (secondary N) is 1. The molecule has 3 rings (SSSR count). The molecule has 0 saturated carbocycles. The van der Waals surface area contributed by atoms with Gasteiger partial charge in [0, 0.05) is 28.2 Å². The van der Waals surface area contributed by atoms with Gasteiger partial charge in [0.15, 0.2) is 0 Å². The fraction of sp³-hybridized carbons (Fsp3) is 0.391. The van der Waals surface area contributed by atoms with Crippen molar-refractivity contribution in [2.75, 3.05) is 25.0 Å². The summed E-state index contributed by atoms with van der Waals surface area (Å²) in [4.78, 5) is 27.1. The number of carbonyl (C=O) groups is 2. The summed E-state index contributed by atoms with van der Waals surface area (Å²) in [5.74, 6) is -0.460. The van der Waals surface area contributed by atoms with E-state index in [2.05, 4.69) is 10.2 Å². The minimum atomic E-state index is -0.387. The predicted molar refractivity (Wildman–Crippen MR) is 120 cm³/mol. The van der Waals surface area contributed by atoms with E-state index in [1.54, 1.807) is 25.1 Å². The maximum atomic E-state index is 12.8. The standard InChI is InChI=1S/C23H26Cl2N2O3/c1-3-30-23(29)17-5-4-15(2)21(12-17)26-22(28)16-8-10-27(11-9-16)14-18-6-7-19(24)13-20(18)25/h4-7,12-13,16H,3,8-11,14H2,1-2H3,(H,26,28). The number of benzene rings is 2. The number of esters is 1. The summed E-state index contributed by atoms with van der Waals surface area (Å²) < 4.78 is 5.05. The van der Waals surface area contributed by atoms with Gasteiger partial charge in [-0.3, -0.25) is 9.69 Å². The molecule has 0 aromatic heterocycles. The van der Waals surface area contributed by atoms with E-state index in [0.717, 1.165) is 43.6 Å². The van der Waals surface area contributed by atoms with Crippen molar-refractivity contribution in [3.8, 4) is 0 Å². The number of halogens is 2. The lowest BCUT2D eigenvalue weighted by Crippen LogP contribution is -2.37. The van der Waals surface area contributed by atoms with Gasteiger partial charge < -0.3 is 10.1 Å². The Labute approximate surface area is 187 Å². The highest BCUT2D eigenvalue weighted by atomic mass is 35.5. The summed E-state index contributed by atoms with van der Waals surface area (Å²) in [6.07, 6.45) is 1.54. The molecular weight excluding hydrogens is 423 g/mol. The van der Waals surface area contributed by atoms with E-state index >= 15 is 0 Å². The van der Waals surface area contributed by atoms with Crippen molar-refractivity contribution in [2.24, 2.45) is 5.92 Å². The van der Waals surface area contributed by atoms with Crippen LogP contribution in [0.3, 0.4) is 0 Å². The highest BCUT2D eigenvalue weighted by Crippen LogP contribution is 2.26. The fourth-order valence-electron chi connectivity index (χ4n) is 3.58. The third-order valence-corrected chi connectivity index (χ3v) is 5.96. The molecule has 7 heteroatoms. The van der Waals surface area contributed by atoms with E-state index in [4.69, 9.17) is 27.9 Å². The number of rotatable bonds is 6. The number of ether oxygens (including phenoxy) is 1.